The first-order valence-electron chi connectivity index (χ1n) is 21.2. The smallest absolute Gasteiger partial charge is 0.330 e. The largest absolute Gasteiger partial charge is 0.458 e. The van der Waals surface area contributed by atoms with E-state index in [0.29, 0.717) is 25.7 Å². The molecule has 1 unspecified atom stereocenters. The number of ether oxygens (including phenoxy) is 3. The zero-order valence-corrected chi connectivity index (χ0v) is 35.8. The number of carbonyl (C=O) groups excluding carboxylic acids is 3. The average Bonchev–Trinajstić information content (AvgIpc) is 3.16. The van der Waals surface area contributed by atoms with Gasteiger partial charge in [0.2, 0.25) is 0 Å². The van der Waals surface area contributed by atoms with Crippen LogP contribution in [0.5, 0.6) is 0 Å². The average molecular weight is 791 g/mol. The molecule has 3 aliphatic heterocycles. The van der Waals surface area contributed by atoms with E-state index in [1.54, 1.807) is 20.8 Å². The number of carbonyl (C=O) groups is 3. The van der Waals surface area contributed by atoms with E-state index >= 15 is 0 Å². The number of ketones is 2. The van der Waals surface area contributed by atoms with Crippen LogP contribution >= 0.6 is 0 Å². The predicted octanol–water partition coefficient (Wildman–Crippen LogP) is 5.88. The van der Waals surface area contributed by atoms with Crippen molar-refractivity contribution in [3.8, 4) is 0 Å². The molecular weight excluding hydrogens is 716 g/mol. The van der Waals surface area contributed by atoms with Gasteiger partial charge in [0.1, 0.15) is 17.5 Å². The van der Waals surface area contributed by atoms with E-state index in [9.17, 15) is 39.9 Å². The van der Waals surface area contributed by atoms with E-state index in [0.717, 1.165) is 19.3 Å². The number of allylic oxidation sites excluding steroid dienone is 4. The Hall–Kier alpha value is -2.25. The van der Waals surface area contributed by atoms with Crippen molar-refractivity contribution in [1.29, 1.82) is 0 Å². The van der Waals surface area contributed by atoms with Gasteiger partial charge in [0.05, 0.1) is 36.6 Å². The lowest BCUT2D eigenvalue weighted by Crippen LogP contribution is -2.62. The topological polar surface area (TPSA) is 180 Å². The molecule has 0 amide bonds. The molecule has 1 spiro atoms. The molecule has 0 aromatic heterocycles. The molecular formula is C45H74O11. The molecule has 0 aromatic rings. The van der Waals surface area contributed by atoms with Gasteiger partial charge in [0.25, 0.3) is 0 Å². The zero-order chi connectivity index (χ0) is 42.3. The summed E-state index contributed by atoms with van der Waals surface area (Å²) >= 11 is 0. The molecule has 0 saturated carbocycles. The predicted molar refractivity (Wildman–Crippen MR) is 215 cm³/mol. The first-order chi connectivity index (χ1) is 26.1. The summed E-state index contributed by atoms with van der Waals surface area (Å²) in [5.74, 6) is -7.28. The fraction of sp³-hybridized carbons (Fsp3) is 0.800. The molecule has 5 N–H and O–H groups in total. The molecule has 56 heavy (non-hydrogen) atoms. The number of hydrogen-bond donors (Lipinski definition) is 5. The minimum absolute atomic E-state index is 0.168. The van der Waals surface area contributed by atoms with Gasteiger partial charge in [-0.05, 0) is 70.1 Å². The van der Waals surface area contributed by atoms with E-state index in [4.69, 9.17) is 14.2 Å². The second-order valence-electron chi connectivity index (χ2n) is 18.0. The van der Waals surface area contributed by atoms with Crippen LogP contribution in [0.3, 0.4) is 0 Å². The fourth-order valence-corrected chi connectivity index (χ4v) is 9.01. The van der Waals surface area contributed by atoms with Crippen LogP contribution in [0.15, 0.2) is 36.5 Å². The van der Waals surface area contributed by atoms with Gasteiger partial charge in [-0.15, -0.1) is 0 Å². The Bertz CT molecular complexity index is 1390. The summed E-state index contributed by atoms with van der Waals surface area (Å²) in [7, 11) is 0. The first-order valence-corrected chi connectivity index (χ1v) is 21.2. The van der Waals surface area contributed by atoms with E-state index in [-0.39, 0.29) is 35.9 Å². The Kier molecular flexibility index (Phi) is 17.7. The monoisotopic (exact) mass is 791 g/mol. The Labute approximate surface area is 336 Å². The molecule has 11 heteroatoms. The van der Waals surface area contributed by atoms with Gasteiger partial charge in [-0.25, -0.2) is 4.79 Å². The number of rotatable bonds is 3. The lowest BCUT2D eigenvalue weighted by Gasteiger charge is -2.55. The van der Waals surface area contributed by atoms with Gasteiger partial charge in [0.15, 0.2) is 11.6 Å². The molecule has 0 aliphatic carbocycles. The third-order valence-corrected chi connectivity index (χ3v) is 13.4. The highest BCUT2D eigenvalue weighted by Gasteiger charge is 2.56. The summed E-state index contributed by atoms with van der Waals surface area (Å²) in [6.07, 6.45) is 9.62. The number of esters is 1. The number of fused-ring (bicyclic) bond motifs is 2. The van der Waals surface area contributed by atoms with Gasteiger partial charge in [0, 0.05) is 48.0 Å². The van der Waals surface area contributed by atoms with Crippen molar-refractivity contribution >= 4 is 17.5 Å². The highest BCUT2D eigenvalue weighted by atomic mass is 16.7. The van der Waals surface area contributed by atoms with E-state index in [2.05, 4.69) is 19.9 Å². The Morgan fingerprint density at radius 1 is 0.839 bits per heavy atom. The number of aliphatic hydroxyl groups excluding tert-OH is 4. The van der Waals surface area contributed by atoms with Crippen molar-refractivity contribution in [2.45, 2.75) is 175 Å². The second-order valence-corrected chi connectivity index (χ2v) is 18.0. The van der Waals surface area contributed by atoms with Crippen LogP contribution in [0.4, 0.5) is 0 Å². The van der Waals surface area contributed by atoms with Crippen LogP contribution in [0, 0.1) is 53.3 Å². The minimum atomic E-state index is -2.18. The lowest BCUT2D eigenvalue weighted by atomic mass is 9.74. The van der Waals surface area contributed by atoms with Crippen LogP contribution in [0.1, 0.15) is 121 Å². The van der Waals surface area contributed by atoms with Crippen LogP contribution in [-0.4, -0.2) is 97.2 Å². The highest BCUT2D eigenvalue weighted by Crippen LogP contribution is 2.49. The molecule has 3 rings (SSSR count). The molecule has 0 radical (unpaired) electrons. The maximum atomic E-state index is 13.5. The third-order valence-electron chi connectivity index (χ3n) is 13.4. The van der Waals surface area contributed by atoms with Crippen molar-refractivity contribution in [3.63, 3.8) is 0 Å². The molecule has 320 valence electrons. The van der Waals surface area contributed by atoms with Gasteiger partial charge >= 0.3 is 5.97 Å². The van der Waals surface area contributed by atoms with Gasteiger partial charge in [-0.3, -0.25) is 9.59 Å². The molecule has 18 atom stereocenters. The summed E-state index contributed by atoms with van der Waals surface area (Å²) in [5, 5.41) is 55.0. The van der Waals surface area contributed by atoms with E-state index in [1.165, 1.54) is 39.8 Å². The van der Waals surface area contributed by atoms with Crippen molar-refractivity contribution in [2.75, 3.05) is 0 Å². The Morgan fingerprint density at radius 2 is 1.48 bits per heavy atom. The van der Waals surface area contributed by atoms with E-state index < -0.39 is 89.0 Å². The van der Waals surface area contributed by atoms with Crippen molar-refractivity contribution < 1.29 is 54.1 Å². The Balaban J connectivity index is 1.99. The maximum Gasteiger partial charge on any atom is 0.330 e. The molecule has 3 heterocycles. The van der Waals surface area contributed by atoms with E-state index in [1.807, 2.05) is 32.1 Å². The molecule has 3 aliphatic rings. The van der Waals surface area contributed by atoms with Crippen LogP contribution in [0.2, 0.25) is 0 Å². The zero-order valence-electron chi connectivity index (χ0n) is 35.8. The van der Waals surface area contributed by atoms with Crippen LogP contribution < -0.4 is 0 Å². The standard InChI is InChI=1S/C45H74O11/c1-12-34-17-15-13-14-16-27(4)42(51)44(11,53)43(52)32(9)40(50)31(8)39(49)30(7)38(48)26(3)18-21-37(47)54-41-29(6)35(20-19-34)55-45(33(41)10)23-22-25(2)36(56-45)24-28(5)46/h13-15,17-18,21,25-36,38,40-42,46,48,50-51,53H,12,16,19-20,22-24H2,1-11H3/b14-13+,17-15+,21-18+/t25-,26-,27+,28+,29?,30-,31-,32-,33-,34-,35-,36-,38+,40+,41+,42-,44+,45-/m0/s1. The second kappa shape index (κ2) is 20.6. The van der Waals surface area contributed by atoms with Gasteiger partial charge < -0.3 is 39.7 Å². The molecule has 2 saturated heterocycles. The molecule has 2 bridgehead atoms. The van der Waals surface area contributed by atoms with Crippen molar-refractivity contribution in [3.05, 3.63) is 36.5 Å². The first kappa shape index (κ1) is 48.1. The van der Waals surface area contributed by atoms with Crippen molar-refractivity contribution in [1.82, 2.24) is 0 Å². The minimum Gasteiger partial charge on any atom is -0.458 e. The summed E-state index contributed by atoms with van der Waals surface area (Å²) in [6, 6.07) is 0. The normalized spacial score (nSPS) is 46.8. The van der Waals surface area contributed by atoms with Crippen LogP contribution in [0.25, 0.3) is 0 Å². The summed E-state index contributed by atoms with van der Waals surface area (Å²) in [4.78, 5) is 40.5. The summed E-state index contributed by atoms with van der Waals surface area (Å²) in [6.45, 7) is 19.1. The number of hydrogen-bond acceptors (Lipinski definition) is 11. The maximum absolute atomic E-state index is 13.5. The molecule has 2 fully saturated rings. The highest BCUT2D eigenvalue weighted by molar-refractivity contribution is 5.91. The molecule has 11 nitrogen and oxygen atoms in total. The van der Waals surface area contributed by atoms with Gasteiger partial charge in [-0.2, -0.15) is 0 Å². The lowest BCUT2D eigenvalue weighted by molar-refractivity contribution is -0.371. The summed E-state index contributed by atoms with van der Waals surface area (Å²) in [5.41, 5.74) is -2.18. The summed E-state index contributed by atoms with van der Waals surface area (Å²) < 4.78 is 20.0. The molecule has 0 aromatic carbocycles. The number of Topliss-reactive ketones (excluding diaryl/α,β-unsaturated/α-hetero) is 2. The van der Waals surface area contributed by atoms with Crippen LogP contribution in [-0.2, 0) is 28.6 Å². The fourth-order valence-electron chi connectivity index (χ4n) is 9.01. The third kappa shape index (κ3) is 11.5. The quantitative estimate of drug-likeness (QED) is 0.216. The van der Waals surface area contributed by atoms with Gasteiger partial charge in [-0.1, -0.05) is 92.7 Å². The Morgan fingerprint density at radius 3 is 2.11 bits per heavy atom. The number of aliphatic hydroxyl groups is 5. The SMILES string of the molecule is CC[C@H]1/C=C/C=C/C[C@@H](C)[C@H](O)[C@@](C)(O)C(=O)[C@@H](C)[C@H](O)[C@@H](C)C(=O)[C@@H](C)[C@H](O)[C@@H](C)/C=C/C(=O)O[C@@H]2C(C)[C@H](CC1)O[C@]1(CC[C@H](C)[C@H](C[C@@H](C)O)O1)[C@H]2C. The van der Waals surface area contributed by atoms with Crippen molar-refractivity contribution in [2.24, 2.45) is 53.3 Å².